The topological polar surface area (TPSA) is 70.3 Å². The van der Waals surface area contributed by atoms with Crippen LogP contribution in [0.5, 0.6) is 11.5 Å². The number of aromatic nitrogens is 2. The van der Waals surface area contributed by atoms with Gasteiger partial charge in [-0.25, -0.2) is 0 Å². The van der Waals surface area contributed by atoms with Crippen LogP contribution < -0.4 is 19.9 Å². The zero-order valence-corrected chi connectivity index (χ0v) is 19.3. The first-order valence-electron chi connectivity index (χ1n) is 11.1. The van der Waals surface area contributed by atoms with Crippen molar-refractivity contribution in [3.63, 3.8) is 0 Å². The Labute approximate surface area is 200 Å². The molecule has 0 aliphatic carbocycles. The SMILES string of the molecule is COc1ccc(CN2CCOc3cc(-c4cc(=O)[nH]c5c4[nH]c4ccc(Cl)cc45)ccc32)cc1. The van der Waals surface area contributed by atoms with Gasteiger partial charge in [-0.3, -0.25) is 4.79 Å². The smallest absolute Gasteiger partial charge is 0.249 e. The number of pyridine rings is 1. The van der Waals surface area contributed by atoms with Crippen LogP contribution in [0.3, 0.4) is 0 Å². The Morgan fingerprint density at radius 2 is 1.85 bits per heavy atom. The molecule has 170 valence electrons. The van der Waals surface area contributed by atoms with Gasteiger partial charge in [0.05, 0.1) is 30.4 Å². The third kappa shape index (κ3) is 3.56. The van der Waals surface area contributed by atoms with Crippen molar-refractivity contribution in [3.8, 4) is 22.6 Å². The summed E-state index contributed by atoms with van der Waals surface area (Å²) in [4.78, 5) is 21.3. The fourth-order valence-electron chi connectivity index (χ4n) is 4.65. The molecule has 7 heteroatoms. The molecular formula is C27H22ClN3O3. The van der Waals surface area contributed by atoms with E-state index in [1.807, 2.05) is 42.5 Å². The molecule has 0 fully saturated rings. The lowest BCUT2D eigenvalue weighted by atomic mass is 10.0. The van der Waals surface area contributed by atoms with Gasteiger partial charge in [-0.1, -0.05) is 29.8 Å². The van der Waals surface area contributed by atoms with E-state index in [1.54, 1.807) is 13.2 Å². The molecule has 0 spiro atoms. The van der Waals surface area contributed by atoms with Crippen molar-refractivity contribution >= 4 is 39.2 Å². The number of aromatic amines is 2. The van der Waals surface area contributed by atoms with Crippen LogP contribution in [0.1, 0.15) is 5.56 Å². The molecule has 2 aromatic heterocycles. The van der Waals surface area contributed by atoms with Gasteiger partial charge in [-0.2, -0.15) is 0 Å². The summed E-state index contributed by atoms with van der Waals surface area (Å²) >= 11 is 6.21. The Morgan fingerprint density at radius 1 is 1.00 bits per heavy atom. The minimum absolute atomic E-state index is 0.164. The second-order valence-electron chi connectivity index (χ2n) is 8.41. The lowest BCUT2D eigenvalue weighted by Crippen LogP contribution is -2.32. The molecule has 0 radical (unpaired) electrons. The van der Waals surface area contributed by atoms with Gasteiger partial charge < -0.3 is 24.3 Å². The summed E-state index contributed by atoms with van der Waals surface area (Å²) in [5.74, 6) is 1.66. The zero-order valence-electron chi connectivity index (χ0n) is 18.5. The van der Waals surface area contributed by atoms with Crippen molar-refractivity contribution in [3.05, 3.63) is 87.7 Å². The van der Waals surface area contributed by atoms with Crippen molar-refractivity contribution in [2.24, 2.45) is 0 Å². The molecule has 0 saturated carbocycles. The largest absolute Gasteiger partial charge is 0.497 e. The van der Waals surface area contributed by atoms with Crippen LogP contribution in [-0.4, -0.2) is 30.2 Å². The summed E-state index contributed by atoms with van der Waals surface area (Å²) in [6.07, 6.45) is 0. The number of hydrogen-bond donors (Lipinski definition) is 2. The van der Waals surface area contributed by atoms with Gasteiger partial charge in [0.1, 0.15) is 18.1 Å². The minimum Gasteiger partial charge on any atom is -0.497 e. The molecule has 6 nitrogen and oxygen atoms in total. The summed E-state index contributed by atoms with van der Waals surface area (Å²) in [7, 11) is 1.67. The van der Waals surface area contributed by atoms with E-state index in [2.05, 4.69) is 33.1 Å². The monoisotopic (exact) mass is 471 g/mol. The summed E-state index contributed by atoms with van der Waals surface area (Å²) < 4.78 is 11.3. The second kappa shape index (κ2) is 8.15. The van der Waals surface area contributed by atoms with Crippen molar-refractivity contribution in [1.29, 1.82) is 0 Å². The van der Waals surface area contributed by atoms with Crippen molar-refractivity contribution in [2.45, 2.75) is 6.54 Å². The molecule has 2 N–H and O–H groups in total. The average Bonchev–Trinajstić information content (AvgIpc) is 3.21. The summed E-state index contributed by atoms with van der Waals surface area (Å²) in [5, 5.41) is 1.51. The fourth-order valence-corrected chi connectivity index (χ4v) is 4.82. The van der Waals surface area contributed by atoms with E-state index in [4.69, 9.17) is 21.1 Å². The van der Waals surface area contributed by atoms with E-state index < -0.39 is 0 Å². The van der Waals surface area contributed by atoms with Crippen LogP contribution >= 0.6 is 11.6 Å². The highest BCUT2D eigenvalue weighted by molar-refractivity contribution is 6.31. The number of H-pyrrole nitrogens is 2. The predicted octanol–water partition coefficient (Wildman–Crippen LogP) is 5.74. The summed E-state index contributed by atoms with van der Waals surface area (Å²) in [6, 6.07) is 21.5. The molecule has 34 heavy (non-hydrogen) atoms. The summed E-state index contributed by atoms with van der Waals surface area (Å²) in [6.45, 7) is 2.18. The van der Waals surface area contributed by atoms with E-state index in [1.165, 1.54) is 5.56 Å². The normalized spacial score (nSPS) is 13.2. The molecular weight excluding hydrogens is 450 g/mol. The van der Waals surface area contributed by atoms with E-state index in [0.717, 1.165) is 63.3 Å². The quantitative estimate of drug-likeness (QED) is 0.351. The number of fused-ring (bicyclic) bond motifs is 4. The molecule has 0 atom stereocenters. The molecule has 3 heterocycles. The number of nitrogens with zero attached hydrogens (tertiary/aromatic N) is 1. The molecule has 5 aromatic rings. The number of benzene rings is 3. The van der Waals surface area contributed by atoms with Crippen molar-refractivity contribution in [2.75, 3.05) is 25.2 Å². The van der Waals surface area contributed by atoms with Crippen LogP contribution in [0.25, 0.3) is 33.1 Å². The highest BCUT2D eigenvalue weighted by atomic mass is 35.5. The standard InChI is InChI=1S/C27H22ClN3O3/c1-33-19-6-2-16(3-7-19)15-31-10-11-34-24-12-17(4-9-23(24)31)20-14-25(32)30-27-21-13-18(28)5-8-22(21)29-26(20)27/h2-9,12-14,29H,10-11,15H2,1H3,(H,30,32). The first-order valence-corrected chi connectivity index (χ1v) is 11.5. The van der Waals surface area contributed by atoms with Crippen molar-refractivity contribution < 1.29 is 9.47 Å². The Kier molecular flexibility index (Phi) is 4.96. The second-order valence-corrected chi connectivity index (χ2v) is 8.85. The number of halogens is 1. The molecule has 6 rings (SSSR count). The maximum absolute atomic E-state index is 12.5. The van der Waals surface area contributed by atoms with E-state index in [0.29, 0.717) is 11.6 Å². The first kappa shape index (κ1) is 20.7. The Hall–Kier alpha value is -3.90. The van der Waals surface area contributed by atoms with E-state index >= 15 is 0 Å². The van der Waals surface area contributed by atoms with Gasteiger partial charge in [-0.05, 0) is 53.6 Å². The number of hydrogen-bond acceptors (Lipinski definition) is 4. The Balaban J connectivity index is 1.40. The fraction of sp³-hybridized carbons (Fsp3) is 0.148. The Morgan fingerprint density at radius 3 is 2.68 bits per heavy atom. The molecule has 3 aromatic carbocycles. The highest BCUT2D eigenvalue weighted by Gasteiger charge is 2.20. The molecule has 1 aliphatic rings. The predicted molar refractivity (Wildman–Crippen MR) is 136 cm³/mol. The molecule has 0 saturated heterocycles. The van der Waals surface area contributed by atoms with Gasteiger partial charge in [0.25, 0.3) is 0 Å². The van der Waals surface area contributed by atoms with Gasteiger partial charge >= 0.3 is 0 Å². The van der Waals surface area contributed by atoms with Crippen LogP contribution in [0.15, 0.2) is 71.5 Å². The Bertz CT molecular complexity index is 1590. The van der Waals surface area contributed by atoms with Crippen LogP contribution in [-0.2, 0) is 6.54 Å². The zero-order chi connectivity index (χ0) is 23.2. The lowest BCUT2D eigenvalue weighted by molar-refractivity contribution is 0.307. The molecule has 0 bridgehead atoms. The highest BCUT2D eigenvalue weighted by Crippen LogP contribution is 2.38. The van der Waals surface area contributed by atoms with Crippen LogP contribution in [0.2, 0.25) is 5.02 Å². The molecule has 0 amide bonds. The minimum atomic E-state index is -0.164. The van der Waals surface area contributed by atoms with E-state index in [9.17, 15) is 4.79 Å². The number of rotatable bonds is 4. The van der Waals surface area contributed by atoms with Gasteiger partial charge in [0, 0.05) is 34.1 Å². The molecule has 0 unspecified atom stereocenters. The molecule has 1 aliphatic heterocycles. The maximum atomic E-state index is 12.5. The number of anilines is 1. The van der Waals surface area contributed by atoms with Gasteiger partial charge in [-0.15, -0.1) is 0 Å². The van der Waals surface area contributed by atoms with Gasteiger partial charge in [0.15, 0.2) is 0 Å². The third-order valence-electron chi connectivity index (χ3n) is 6.32. The number of nitrogens with one attached hydrogen (secondary N) is 2. The van der Waals surface area contributed by atoms with Gasteiger partial charge in [0.2, 0.25) is 5.56 Å². The first-order chi connectivity index (χ1) is 16.6. The maximum Gasteiger partial charge on any atom is 0.249 e. The lowest BCUT2D eigenvalue weighted by Gasteiger charge is -2.31. The average molecular weight is 472 g/mol. The summed E-state index contributed by atoms with van der Waals surface area (Å²) in [5.41, 5.74) is 6.35. The van der Waals surface area contributed by atoms with E-state index in [-0.39, 0.29) is 5.56 Å². The third-order valence-corrected chi connectivity index (χ3v) is 6.55. The number of ether oxygens (including phenoxy) is 2. The number of methoxy groups -OCH3 is 1. The van der Waals surface area contributed by atoms with Crippen LogP contribution in [0.4, 0.5) is 5.69 Å². The van der Waals surface area contributed by atoms with Crippen molar-refractivity contribution in [1.82, 2.24) is 9.97 Å². The van der Waals surface area contributed by atoms with Crippen LogP contribution in [0, 0.1) is 0 Å².